The van der Waals surface area contributed by atoms with E-state index < -0.39 is 0 Å². The van der Waals surface area contributed by atoms with E-state index in [1.54, 1.807) is 0 Å². The summed E-state index contributed by atoms with van der Waals surface area (Å²) in [4.78, 5) is 4.82. The molecular formula is C18H26N2. The van der Waals surface area contributed by atoms with Gasteiger partial charge in [0, 0.05) is 17.6 Å². The second-order valence-electron chi connectivity index (χ2n) is 6.07. The number of fused-ring (bicyclic) bond motifs is 1. The van der Waals surface area contributed by atoms with E-state index in [9.17, 15) is 0 Å². The van der Waals surface area contributed by atoms with Crippen molar-refractivity contribution in [2.75, 3.05) is 6.54 Å². The molecule has 0 amide bonds. The van der Waals surface area contributed by atoms with Gasteiger partial charge in [-0.25, -0.2) is 0 Å². The number of nitrogens with zero attached hydrogens (tertiary/aromatic N) is 1. The third-order valence-corrected chi connectivity index (χ3v) is 3.76. The Bertz CT molecular complexity index is 585. The molecular weight excluding hydrogens is 244 g/mol. The van der Waals surface area contributed by atoms with E-state index in [2.05, 4.69) is 64.2 Å². The third-order valence-electron chi connectivity index (χ3n) is 3.76. The van der Waals surface area contributed by atoms with Gasteiger partial charge in [-0.15, -0.1) is 0 Å². The molecule has 0 unspecified atom stereocenters. The maximum Gasteiger partial charge on any atom is 0.0708 e. The molecule has 108 valence electrons. The monoisotopic (exact) mass is 270 g/mol. The summed E-state index contributed by atoms with van der Waals surface area (Å²) in [6, 6.07) is 8.96. The van der Waals surface area contributed by atoms with Crippen molar-refractivity contribution in [3.63, 3.8) is 0 Å². The minimum atomic E-state index is 0.463. The van der Waals surface area contributed by atoms with Gasteiger partial charge in [0.1, 0.15) is 0 Å². The summed E-state index contributed by atoms with van der Waals surface area (Å²) >= 11 is 0. The Morgan fingerprint density at radius 2 is 1.80 bits per heavy atom. The predicted octanol–water partition coefficient (Wildman–Crippen LogP) is 4.59. The Morgan fingerprint density at radius 3 is 2.40 bits per heavy atom. The molecule has 0 saturated carbocycles. The molecule has 0 atom stereocenters. The minimum absolute atomic E-state index is 0.463. The van der Waals surface area contributed by atoms with Gasteiger partial charge in [0.15, 0.2) is 0 Å². The van der Waals surface area contributed by atoms with E-state index >= 15 is 0 Å². The van der Waals surface area contributed by atoms with Crippen LogP contribution in [0.5, 0.6) is 0 Å². The fraction of sp³-hybridized carbons (Fsp3) is 0.500. The van der Waals surface area contributed by atoms with Gasteiger partial charge in [0.2, 0.25) is 0 Å². The van der Waals surface area contributed by atoms with Gasteiger partial charge in [-0.2, -0.15) is 0 Å². The number of aromatic nitrogens is 1. The molecule has 0 aliphatic carbocycles. The second kappa shape index (κ2) is 6.36. The van der Waals surface area contributed by atoms with Crippen molar-refractivity contribution in [1.29, 1.82) is 0 Å². The van der Waals surface area contributed by atoms with E-state index in [4.69, 9.17) is 4.98 Å². The zero-order chi connectivity index (χ0) is 14.7. The maximum absolute atomic E-state index is 4.82. The molecule has 1 heterocycles. The van der Waals surface area contributed by atoms with Gasteiger partial charge in [0.05, 0.1) is 5.52 Å². The fourth-order valence-corrected chi connectivity index (χ4v) is 2.40. The van der Waals surface area contributed by atoms with Crippen LogP contribution >= 0.6 is 0 Å². The lowest BCUT2D eigenvalue weighted by molar-refractivity contribution is 0.725. The molecule has 2 nitrogen and oxygen atoms in total. The Morgan fingerprint density at radius 1 is 1.05 bits per heavy atom. The molecule has 2 aromatic rings. The first kappa shape index (κ1) is 15.0. The number of hydrogen-bond donors (Lipinski definition) is 1. The summed E-state index contributed by atoms with van der Waals surface area (Å²) in [5.41, 5.74) is 5.05. The van der Waals surface area contributed by atoms with E-state index in [1.165, 1.54) is 22.2 Å². The van der Waals surface area contributed by atoms with Gasteiger partial charge < -0.3 is 5.32 Å². The lowest BCUT2D eigenvalue weighted by Gasteiger charge is -2.14. The van der Waals surface area contributed by atoms with Gasteiger partial charge >= 0.3 is 0 Å². The van der Waals surface area contributed by atoms with Crippen LogP contribution in [0, 0.1) is 0 Å². The third kappa shape index (κ3) is 3.18. The maximum atomic E-state index is 4.82. The predicted molar refractivity (Wildman–Crippen MR) is 87.3 cm³/mol. The average Bonchev–Trinajstić information content (AvgIpc) is 2.43. The first-order valence-electron chi connectivity index (χ1n) is 7.67. The zero-order valence-electron chi connectivity index (χ0n) is 13.3. The highest BCUT2D eigenvalue weighted by Crippen LogP contribution is 2.26. The van der Waals surface area contributed by atoms with Gasteiger partial charge in [0.25, 0.3) is 0 Å². The van der Waals surface area contributed by atoms with Crippen LogP contribution in [0.15, 0.2) is 24.3 Å². The van der Waals surface area contributed by atoms with Crippen molar-refractivity contribution < 1.29 is 0 Å². The van der Waals surface area contributed by atoms with Gasteiger partial charge in [-0.1, -0.05) is 40.7 Å². The van der Waals surface area contributed by atoms with Gasteiger partial charge in [-0.3, -0.25) is 4.98 Å². The van der Waals surface area contributed by atoms with Crippen molar-refractivity contribution in [3.05, 3.63) is 41.1 Å². The molecule has 1 aromatic carbocycles. The Hall–Kier alpha value is -1.41. The second-order valence-corrected chi connectivity index (χ2v) is 6.07. The first-order valence-corrected chi connectivity index (χ1v) is 7.67. The van der Waals surface area contributed by atoms with E-state index in [0.717, 1.165) is 18.6 Å². The van der Waals surface area contributed by atoms with Gasteiger partial charge in [-0.05, 0) is 47.7 Å². The van der Waals surface area contributed by atoms with Crippen LogP contribution in [-0.4, -0.2) is 11.5 Å². The van der Waals surface area contributed by atoms with E-state index in [1.807, 2.05) is 0 Å². The highest BCUT2D eigenvalue weighted by atomic mass is 14.8. The SMILES string of the molecule is CCNCc1cc(C(C)C)nc2ccc(C(C)C)cc12. The average molecular weight is 270 g/mol. The number of hydrogen-bond acceptors (Lipinski definition) is 2. The summed E-state index contributed by atoms with van der Waals surface area (Å²) < 4.78 is 0. The smallest absolute Gasteiger partial charge is 0.0708 e. The van der Waals surface area contributed by atoms with Crippen molar-refractivity contribution in [2.45, 2.75) is 53.0 Å². The molecule has 0 bridgehead atoms. The van der Waals surface area contributed by atoms with Crippen molar-refractivity contribution >= 4 is 10.9 Å². The highest BCUT2D eigenvalue weighted by Gasteiger charge is 2.10. The van der Waals surface area contributed by atoms with Crippen molar-refractivity contribution in [3.8, 4) is 0 Å². The minimum Gasteiger partial charge on any atom is -0.313 e. The number of pyridine rings is 1. The van der Waals surface area contributed by atoms with Crippen molar-refractivity contribution in [2.24, 2.45) is 0 Å². The molecule has 0 aliphatic heterocycles. The Balaban J connectivity index is 2.58. The lowest BCUT2D eigenvalue weighted by atomic mass is 9.97. The summed E-state index contributed by atoms with van der Waals surface area (Å²) in [5.74, 6) is 1.01. The standard InChI is InChI=1S/C18H26N2/c1-6-19-11-15-10-18(13(4)5)20-17-8-7-14(12(2)3)9-16(15)17/h7-10,12-13,19H,6,11H2,1-5H3. The van der Waals surface area contributed by atoms with Crippen LogP contribution in [0.1, 0.15) is 63.3 Å². The first-order chi connectivity index (χ1) is 9.52. The summed E-state index contributed by atoms with van der Waals surface area (Å²) in [6.07, 6.45) is 0. The molecule has 2 heteroatoms. The molecule has 1 N–H and O–H groups in total. The molecule has 1 aromatic heterocycles. The fourth-order valence-electron chi connectivity index (χ4n) is 2.40. The molecule has 0 fully saturated rings. The van der Waals surface area contributed by atoms with Crippen molar-refractivity contribution in [1.82, 2.24) is 10.3 Å². The summed E-state index contributed by atoms with van der Waals surface area (Å²) in [6.45, 7) is 12.9. The zero-order valence-corrected chi connectivity index (χ0v) is 13.3. The molecule has 0 saturated heterocycles. The van der Waals surface area contributed by atoms with Crippen LogP contribution < -0.4 is 5.32 Å². The largest absolute Gasteiger partial charge is 0.313 e. The molecule has 0 radical (unpaired) electrons. The Kier molecular flexibility index (Phi) is 4.77. The Labute approximate surface area is 122 Å². The number of rotatable bonds is 5. The quantitative estimate of drug-likeness (QED) is 0.859. The lowest BCUT2D eigenvalue weighted by Crippen LogP contribution is -2.13. The number of nitrogens with one attached hydrogen (secondary N) is 1. The van der Waals surface area contributed by atoms with Crippen LogP contribution in [0.2, 0.25) is 0 Å². The topological polar surface area (TPSA) is 24.9 Å². The molecule has 0 aliphatic rings. The van der Waals surface area contributed by atoms with E-state index in [-0.39, 0.29) is 0 Å². The highest BCUT2D eigenvalue weighted by molar-refractivity contribution is 5.83. The van der Waals surface area contributed by atoms with Crippen LogP contribution in [0.4, 0.5) is 0 Å². The number of benzene rings is 1. The summed E-state index contributed by atoms with van der Waals surface area (Å²) in [5, 5.41) is 4.74. The van der Waals surface area contributed by atoms with Crippen LogP contribution in [-0.2, 0) is 6.54 Å². The molecule has 2 rings (SSSR count). The van der Waals surface area contributed by atoms with E-state index in [0.29, 0.717) is 11.8 Å². The van der Waals surface area contributed by atoms with Crippen LogP contribution in [0.3, 0.4) is 0 Å². The normalized spacial score (nSPS) is 11.8. The molecule has 20 heavy (non-hydrogen) atoms. The molecule has 0 spiro atoms. The summed E-state index contributed by atoms with van der Waals surface area (Å²) in [7, 11) is 0. The van der Waals surface area contributed by atoms with Crippen LogP contribution in [0.25, 0.3) is 10.9 Å².